The van der Waals surface area contributed by atoms with Crippen molar-refractivity contribution in [2.45, 2.75) is 45.2 Å². The Labute approximate surface area is 129 Å². The number of hydrogen-bond acceptors (Lipinski definition) is 2. The van der Waals surface area contributed by atoms with Gasteiger partial charge in [0.1, 0.15) is 0 Å². The Morgan fingerprint density at radius 2 is 1.71 bits per heavy atom. The number of piperazine rings is 1. The number of rotatable bonds is 3. The van der Waals surface area contributed by atoms with Gasteiger partial charge in [-0.1, -0.05) is 36.2 Å². The molecule has 21 heavy (non-hydrogen) atoms. The summed E-state index contributed by atoms with van der Waals surface area (Å²) in [5.41, 5.74) is 2.83. The highest BCUT2D eigenvalue weighted by Gasteiger charge is 2.42. The van der Waals surface area contributed by atoms with Crippen LogP contribution < -0.4 is 0 Å². The summed E-state index contributed by atoms with van der Waals surface area (Å²) in [4.78, 5) is 5.45. The predicted molar refractivity (Wildman–Crippen MR) is 87.3 cm³/mol. The van der Waals surface area contributed by atoms with Gasteiger partial charge in [-0.3, -0.25) is 9.80 Å². The smallest absolute Gasteiger partial charge is 0.0234 e. The zero-order chi connectivity index (χ0) is 14.2. The van der Waals surface area contributed by atoms with E-state index < -0.39 is 0 Å². The zero-order valence-electron chi connectivity index (χ0n) is 13.3. The molecule has 1 aliphatic heterocycles. The van der Waals surface area contributed by atoms with Crippen LogP contribution in [0.2, 0.25) is 0 Å². The molecule has 3 fully saturated rings. The topological polar surface area (TPSA) is 6.48 Å². The van der Waals surface area contributed by atoms with Crippen molar-refractivity contribution in [3.63, 3.8) is 0 Å². The maximum atomic E-state index is 2.81. The summed E-state index contributed by atoms with van der Waals surface area (Å²) in [5, 5.41) is 0. The Morgan fingerprint density at radius 1 is 0.952 bits per heavy atom. The number of aryl methyl sites for hydroxylation is 1. The van der Waals surface area contributed by atoms with E-state index in [2.05, 4.69) is 41.0 Å². The van der Waals surface area contributed by atoms with E-state index in [0.29, 0.717) is 0 Å². The SMILES string of the molecule is Cc1ccc(CN2CCN([C@@H]3C[C@@H]4CC[C@@H]3C4)CC2)cc1. The number of nitrogens with zero attached hydrogens (tertiary/aromatic N) is 2. The van der Waals surface area contributed by atoms with Crippen LogP contribution in [0.4, 0.5) is 0 Å². The van der Waals surface area contributed by atoms with Crippen molar-refractivity contribution in [2.24, 2.45) is 11.8 Å². The van der Waals surface area contributed by atoms with Crippen molar-refractivity contribution in [3.05, 3.63) is 35.4 Å². The van der Waals surface area contributed by atoms with Crippen LogP contribution in [0.3, 0.4) is 0 Å². The van der Waals surface area contributed by atoms with Crippen molar-refractivity contribution >= 4 is 0 Å². The van der Waals surface area contributed by atoms with E-state index in [9.17, 15) is 0 Å². The lowest BCUT2D eigenvalue weighted by Gasteiger charge is -2.41. The van der Waals surface area contributed by atoms with Gasteiger partial charge in [-0.15, -0.1) is 0 Å². The molecule has 0 radical (unpaired) electrons. The van der Waals surface area contributed by atoms with Crippen LogP contribution in [-0.2, 0) is 6.54 Å². The van der Waals surface area contributed by atoms with Crippen molar-refractivity contribution in [1.29, 1.82) is 0 Å². The van der Waals surface area contributed by atoms with Crippen molar-refractivity contribution < 1.29 is 0 Å². The van der Waals surface area contributed by atoms with Gasteiger partial charge in [0.05, 0.1) is 0 Å². The molecule has 114 valence electrons. The Kier molecular flexibility index (Phi) is 3.76. The highest BCUT2D eigenvalue weighted by molar-refractivity contribution is 5.21. The van der Waals surface area contributed by atoms with Crippen LogP contribution >= 0.6 is 0 Å². The third-order valence-electron chi connectivity index (χ3n) is 6.10. The molecule has 1 aromatic carbocycles. The highest BCUT2D eigenvalue weighted by atomic mass is 15.3. The summed E-state index contributed by atoms with van der Waals surface area (Å²) in [6, 6.07) is 9.99. The van der Waals surface area contributed by atoms with Gasteiger partial charge in [0, 0.05) is 38.8 Å². The molecule has 0 amide bonds. The Balaban J connectivity index is 1.29. The molecule has 0 spiro atoms. The van der Waals surface area contributed by atoms with Crippen LogP contribution in [0.1, 0.15) is 36.8 Å². The molecule has 1 heterocycles. The molecule has 1 aromatic rings. The Morgan fingerprint density at radius 3 is 2.33 bits per heavy atom. The lowest BCUT2D eigenvalue weighted by molar-refractivity contribution is 0.0679. The first-order chi connectivity index (χ1) is 10.3. The van der Waals surface area contributed by atoms with E-state index in [1.54, 1.807) is 0 Å². The van der Waals surface area contributed by atoms with E-state index in [1.807, 2.05) is 0 Å². The Hall–Kier alpha value is -0.860. The lowest BCUT2D eigenvalue weighted by atomic mass is 9.93. The molecular weight excluding hydrogens is 256 g/mol. The van der Waals surface area contributed by atoms with E-state index in [4.69, 9.17) is 0 Å². The molecular formula is C19H28N2. The summed E-state index contributed by atoms with van der Waals surface area (Å²) in [6.45, 7) is 8.38. The third kappa shape index (κ3) is 2.89. The largest absolute Gasteiger partial charge is 0.298 e. The van der Waals surface area contributed by atoms with Crippen LogP contribution in [-0.4, -0.2) is 42.0 Å². The fourth-order valence-corrected chi connectivity index (χ4v) is 4.86. The molecule has 2 heteroatoms. The minimum atomic E-state index is 0.935. The maximum absolute atomic E-state index is 2.81. The first-order valence-corrected chi connectivity index (χ1v) is 8.80. The quantitative estimate of drug-likeness (QED) is 0.840. The van der Waals surface area contributed by atoms with E-state index in [0.717, 1.165) is 24.4 Å². The molecule has 0 unspecified atom stereocenters. The number of benzene rings is 1. The average Bonchev–Trinajstić information content (AvgIpc) is 3.13. The molecule has 0 N–H and O–H groups in total. The monoisotopic (exact) mass is 284 g/mol. The molecule has 0 aromatic heterocycles. The van der Waals surface area contributed by atoms with E-state index >= 15 is 0 Å². The van der Waals surface area contributed by atoms with Crippen molar-refractivity contribution in [2.75, 3.05) is 26.2 Å². The van der Waals surface area contributed by atoms with Crippen LogP contribution in [0, 0.1) is 18.8 Å². The molecule has 3 aliphatic rings. The maximum Gasteiger partial charge on any atom is 0.0234 e. The number of fused-ring (bicyclic) bond motifs is 2. The molecule has 2 aliphatic carbocycles. The van der Waals surface area contributed by atoms with Crippen LogP contribution in [0.25, 0.3) is 0 Å². The summed E-state index contributed by atoms with van der Waals surface area (Å²) < 4.78 is 0. The zero-order valence-corrected chi connectivity index (χ0v) is 13.3. The van der Waals surface area contributed by atoms with E-state index in [1.165, 1.54) is 63.0 Å². The Bertz CT molecular complexity index is 473. The molecule has 2 nitrogen and oxygen atoms in total. The molecule has 1 saturated heterocycles. The van der Waals surface area contributed by atoms with Gasteiger partial charge in [-0.05, 0) is 43.6 Å². The fourth-order valence-electron chi connectivity index (χ4n) is 4.86. The first-order valence-electron chi connectivity index (χ1n) is 8.80. The van der Waals surface area contributed by atoms with Gasteiger partial charge in [0.15, 0.2) is 0 Å². The van der Waals surface area contributed by atoms with Crippen LogP contribution in [0.5, 0.6) is 0 Å². The van der Waals surface area contributed by atoms with Gasteiger partial charge < -0.3 is 0 Å². The second-order valence-corrected chi connectivity index (χ2v) is 7.54. The van der Waals surface area contributed by atoms with Gasteiger partial charge in [-0.25, -0.2) is 0 Å². The minimum Gasteiger partial charge on any atom is -0.298 e. The summed E-state index contributed by atoms with van der Waals surface area (Å²) in [7, 11) is 0. The molecule has 2 saturated carbocycles. The minimum absolute atomic E-state index is 0.935. The van der Waals surface area contributed by atoms with Crippen molar-refractivity contribution in [3.8, 4) is 0 Å². The van der Waals surface area contributed by atoms with Gasteiger partial charge >= 0.3 is 0 Å². The van der Waals surface area contributed by atoms with Gasteiger partial charge in [-0.2, -0.15) is 0 Å². The predicted octanol–water partition coefficient (Wildman–Crippen LogP) is 3.30. The van der Waals surface area contributed by atoms with Crippen molar-refractivity contribution in [1.82, 2.24) is 9.80 Å². The van der Waals surface area contributed by atoms with E-state index in [-0.39, 0.29) is 0 Å². The van der Waals surface area contributed by atoms with Gasteiger partial charge in [0.2, 0.25) is 0 Å². The number of hydrogen-bond donors (Lipinski definition) is 0. The molecule has 3 atom stereocenters. The lowest BCUT2D eigenvalue weighted by Crippen LogP contribution is -2.51. The van der Waals surface area contributed by atoms with Gasteiger partial charge in [0.25, 0.3) is 0 Å². The average molecular weight is 284 g/mol. The second-order valence-electron chi connectivity index (χ2n) is 7.54. The fraction of sp³-hybridized carbons (Fsp3) is 0.684. The normalized spacial score (nSPS) is 33.7. The molecule has 2 bridgehead atoms. The first kappa shape index (κ1) is 13.8. The third-order valence-corrected chi connectivity index (χ3v) is 6.10. The summed E-state index contributed by atoms with van der Waals surface area (Å²) in [6.07, 6.45) is 6.07. The standard InChI is InChI=1S/C19H28N2/c1-15-2-4-16(5-3-15)14-20-8-10-21(11-9-20)19-13-17-6-7-18(19)12-17/h2-5,17-19H,6-14H2,1H3/t17-,18-,19-/m1/s1. The second kappa shape index (κ2) is 5.73. The highest BCUT2D eigenvalue weighted by Crippen LogP contribution is 2.46. The summed E-state index contributed by atoms with van der Waals surface area (Å²) >= 11 is 0. The van der Waals surface area contributed by atoms with Crippen LogP contribution in [0.15, 0.2) is 24.3 Å². The summed E-state index contributed by atoms with van der Waals surface area (Å²) in [5.74, 6) is 2.12. The molecule has 4 rings (SSSR count).